The molecule has 2 N–H and O–H groups in total. The number of ether oxygens (including phenoxy) is 1. The molecule has 2 aromatic carbocycles. The molecule has 154 valence electrons. The standard InChI is InChI=1S/C22H24ClNO5/c1-3-29-22(28)20(25)24-19(11-14(2)21(26)27)12-15-7-9-16(10-8-15)17-5-4-6-18(23)13-17/h4-10,13-14,19H,3,11-12H2,1-2H3,(H,24,25)(H,26,27). The number of benzene rings is 2. The van der Waals surface area contributed by atoms with E-state index in [1.165, 1.54) is 0 Å². The molecule has 0 radical (unpaired) electrons. The van der Waals surface area contributed by atoms with Gasteiger partial charge in [0.25, 0.3) is 0 Å². The highest BCUT2D eigenvalue weighted by Gasteiger charge is 2.24. The molecule has 7 heteroatoms. The molecule has 0 aromatic heterocycles. The Hall–Kier alpha value is -2.86. The summed E-state index contributed by atoms with van der Waals surface area (Å²) in [4.78, 5) is 34.9. The summed E-state index contributed by atoms with van der Waals surface area (Å²) in [7, 11) is 0. The average Bonchev–Trinajstić information content (AvgIpc) is 2.68. The second kappa shape index (κ2) is 10.6. The van der Waals surface area contributed by atoms with Crippen LogP contribution in [0.5, 0.6) is 0 Å². The van der Waals surface area contributed by atoms with Gasteiger partial charge in [-0.15, -0.1) is 0 Å². The maximum Gasteiger partial charge on any atom is 0.396 e. The highest BCUT2D eigenvalue weighted by Crippen LogP contribution is 2.23. The van der Waals surface area contributed by atoms with E-state index in [9.17, 15) is 19.5 Å². The van der Waals surface area contributed by atoms with Crippen molar-refractivity contribution in [1.82, 2.24) is 5.32 Å². The lowest BCUT2D eigenvalue weighted by atomic mass is 9.95. The van der Waals surface area contributed by atoms with Crippen LogP contribution < -0.4 is 5.32 Å². The summed E-state index contributed by atoms with van der Waals surface area (Å²) in [5.74, 6) is -3.48. The number of hydrogen-bond acceptors (Lipinski definition) is 4. The van der Waals surface area contributed by atoms with Crippen molar-refractivity contribution in [3.63, 3.8) is 0 Å². The number of carbonyl (C=O) groups excluding carboxylic acids is 2. The van der Waals surface area contributed by atoms with Crippen LogP contribution in [0, 0.1) is 5.92 Å². The summed E-state index contributed by atoms with van der Waals surface area (Å²) in [5.41, 5.74) is 2.88. The first-order valence-corrected chi connectivity index (χ1v) is 9.73. The Labute approximate surface area is 174 Å². The van der Waals surface area contributed by atoms with Crippen molar-refractivity contribution in [1.29, 1.82) is 0 Å². The molecule has 0 spiro atoms. The van der Waals surface area contributed by atoms with Crippen LogP contribution in [-0.2, 0) is 25.5 Å². The van der Waals surface area contributed by atoms with Gasteiger partial charge in [0.05, 0.1) is 12.5 Å². The highest BCUT2D eigenvalue weighted by molar-refractivity contribution is 6.32. The number of hydrogen-bond donors (Lipinski definition) is 2. The van der Waals surface area contributed by atoms with Crippen molar-refractivity contribution < 1.29 is 24.2 Å². The molecule has 2 unspecified atom stereocenters. The zero-order valence-electron chi connectivity index (χ0n) is 16.4. The Balaban J connectivity index is 2.13. The normalized spacial score (nSPS) is 12.7. The first kappa shape index (κ1) is 22.4. The molecule has 6 nitrogen and oxygen atoms in total. The lowest BCUT2D eigenvalue weighted by Gasteiger charge is -2.20. The number of esters is 1. The van der Waals surface area contributed by atoms with Gasteiger partial charge in [-0.2, -0.15) is 0 Å². The van der Waals surface area contributed by atoms with Crippen LogP contribution in [0.15, 0.2) is 48.5 Å². The Bertz CT molecular complexity index is 866. The molecule has 0 aliphatic carbocycles. The zero-order chi connectivity index (χ0) is 21.4. The van der Waals surface area contributed by atoms with E-state index in [4.69, 9.17) is 16.3 Å². The second-order valence-corrected chi connectivity index (χ2v) is 7.21. The van der Waals surface area contributed by atoms with Crippen LogP contribution in [0.25, 0.3) is 11.1 Å². The fraction of sp³-hybridized carbons (Fsp3) is 0.318. The van der Waals surface area contributed by atoms with E-state index in [1.807, 2.05) is 42.5 Å². The molecule has 0 heterocycles. The van der Waals surface area contributed by atoms with E-state index in [2.05, 4.69) is 5.32 Å². The van der Waals surface area contributed by atoms with Gasteiger partial charge in [0.15, 0.2) is 0 Å². The first-order valence-electron chi connectivity index (χ1n) is 9.35. The van der Waals surface area contributed by atoms with Crippen LogP contribution >= 0.6 is 11.6 Å². The monoisotopic (exact) mass is 417 g/mol. The van der Waals surface area contributed by atoms with E-state index in [0.29, 0.717) is 11.4 Å². The predicted molar refractivity (Wildman–Crippen MR) is 111 cm³/mol. The van der Waals surface area contributed by atoms with Gasteiger partial charge in [-0.1, -0.05) is 54.9 Å². The maximum absolute atomic E-state index is 12.0. The minimum atomic E-state index is -0.975. The molecule has 1 amide bonds. The summed E-state index contributed by atoms with van der Waals surface area (Å²) in [5, 5.41) is 12.4. The van der Waals surface area contributed by atoms with Crippen molar-refractivity contribution in [2.24, 2.45) is 5.92 Å². The molecule has 0 saturated carbocycles. The van der Waals surface area contributed by atoms with Crippen LogP contribution in [0.3, 0.4) is 0 Å². The van der Waals surface area contributed by atoms with Crippen molar-refractivity contribution in [3.05, 3.63) is 59.1 Å². The topological polar surface area (TPSA) is 92.7 Å². The number of amides is 1. The van der Waals surface area contributed by atoms with Gasteiger partial charge in [0, 0.05) is 11.1 Å². The Morgan fingerprint density at radius 2 is 1.79 bits per heavy atom. The average molecular weight is 418 g/mol. The highest BCUT2D eigenvalue weighted by atomic mass is 35.5. The summed E-state index contributed by atoms with van der Waals surface area (Å²) < 4.78 is 4.70. The van der Waals surface area contributed by atoms with Crippen LogP contribution in [0.2, 0.25) is 5.02 Å². The molecule has 0 aliphatic rings. The maximum atomic E-state index is 12.0. The lowest BCUT2D eigenvalue weighted by molar-refractivity contribution is -0.155. The number of rotatable bonds is 8. The van der Waals surface area contributed by atoms with Crippen molar-refractivity contribution in [2.45, 2.75) is 32.7 Å². The number of carboxylic acid groups (broad SMARTS) is 1. The summed E-state index contributed by atoms with van der Waals surface area (Å²) in [6.07, 6.45) is 0.578. The Morgan fingerprint density at radius 3 is 2.38 bits per heavy atom. The number of nitrogens with one attached hydrogen (secondary N) is 1. The molecule has 29 heavy (non-hydrogen) atoms. The summed E-state index contributed by atoms with van der Waals surface area (Å²) in [6.45, 7) is 3.26. The van der Waals surface area contributed by atoms with Gasteiger partial charge >= 0.3 is 17.8 Å². The van der Waals surface area contributed by atoms with Crippen LogP contribution in [-0.4, -0.2) is 35.6 Å². The molecule has 2 aromatic rings. The fourth-order valence-electron chi connectivity index (χ4n) is 2.95. The zero-order valence-corrected chi connectivity index (χ0v) is 17.1. The van der Waals surface area contributed by atoms with Crippen LogP contribution in [0.4, 0.5) is 0 Å². The van der Waals surface area contributed by atoms with Gasteiger partial charge in [-0.3, -0.25) is 9.59 Å². The lowest BCUT2D eigenvalue weighted by Crippen LogP contribution is -2.42. The van der Waals surface area contributed by atoms with Gasteiger partial charge in [-0.05, 0) is 48.6 Å². The van der Waals surface area contributed by atoms with E-state index < -0.39 is 29.8 Å². The molecular formula is C22H24ClNO5. The molecule has 0 fully saturated rings. The quantitative estimate of drug-likeness (QED) is 0.504. The minimum absolute atomic E-state index is 0.0907. The minimum Gasteiger partial charge on any atom is -0.481 e. The van der Waals surface area contributed by atoms with E-state index in [1.54, 1.807) is 19.9 Å². The predicted octanol–water partition coefficient (Wildman–Crippen LogP) is 3.71. The molecule has 2 atom stereocenters. The third kappa shape index (κ3) is 6.91. The van der Waals surface area contributed by atoms with Crippen molar-refractivity contribution in [3.8, 4) is 11.1 Å². The fourth-order valence-corrected chi connectivity index (χ4v) is 3.14. The van der Waals surface area contributed by atoms with E-state index in [-0.39, 0.29) is 13.0 Å². The van der Waals surface area contributed by atoms with Crippen molar-refractivity contribution in [2.75, 3.05) is 6.61 Å². The number of halogens is 1. The Morgan fingerprint density at radius 1 is 1.10 bits per heavy atom. The number of carbonyl (C=O) groups is 3. The molecule has 0 aliphatic heterocycles. The third-order valence-electron chi connectivity index (χ3n) is 4.45. The SMILES string of the molecule is CCOC(=O)C(=O)NC(Cc1ccc(-c2cccc(Cl)c2)cc1)CC(C)C(=O)O. The number of aliphatic carboxylic acids is 1. The van der Waals surface area contributed by atoms with Gasteiger partial charge in [0.1, 0.15) is 0 Å². The molecule has 0 bridgehead atoms. The molecular weight excluding hydrogens is 394 g/mol. The largest absolute Gasteiger partial charge is 0.481 e. The smallest absolute Gasteiger partial charge is 0.396 e. The first-order chi connectivity index (χ1) is 13.8. The van der Waals surface area contributed by atoms with Gasteiger partial charge in [-0.25, -0.2) is 4.79 Å². The summed E-state index contributed by atoms with van der Waals surface area (Å²) >= 11 is 6.04. The molecule has 0 saturated heterocycles. The van der Waals surface area contributed by atoms with Crippen LogP contribution in [0.1, 0.15) is 25.8 Å². The van der Waals surface area contributed by atoms with Gasteiger partial charge in [0.2, 0.25) is 0 Å². The van der Waals surface area contributed by atoms with E-state index >= 15 is 0 Å². The molecule has 2 rings (SSSR count). The van der Waals surface area contributed by atoms with Gasteiger partial charge < -0.3 is 15.2 Å². The third-order valence-corrected chi connectivity index (χ3v) is 4.68. The summed E-state index contributed by atoms with van der Waals surface area (Å²) in [6, 6.07) is 14.7. The van der Waals surface area contributed by atoms with E-state index in [0.717, 1.165) is 16.7 Å². The van der Waals surface area contributed by atoms with Crippen molar-refractivity contribution >= 4 is 29.4 Å². The Kier molecular flexibility index (Phi) is 8.21. The second-order valence-electron chi connectivity index (χ2n) is 6.78. The number of carboxylic acids is 1.